The monoisotopic (exact) mass is 352 g/mol. The SMILES string of the molecule is Cc1ccc(S(=O)(=O)NCc2ccc(S(N)(=O)=O)s2)s1. The predicted molar refractivity (Wildman–Crippen MR) is 78.8 cm³/mol. The second-order valence-corrected chi connectivity index (χ2v) is 10.2. The van der Waals surface area contributed by atoms with Crippen LogP contribution in [0.25, 0.3) is 0 Å². The summed E-state index contributed by atoms with van der Waals surface area (Å²) in [5.74, 6) is 0. The molecule has 3 N–H and O–H groups in total. The minimum Gasteiger partial charge on any atom is -0.224 e. The van der Waals surface area contributed by atoms with Crippen LogP contribution < -0.4 is 9.86 Å². The summed E-state index contributed by atoms with van der Waals surface area (Å²) >= 11 is 2.12. The van der Waals surface area contributed by atoms with Crippen molar-refractivity contribution in [1.82, 2.24) is 4.72 Å². The lowest BCUT2D eigenvalue weighted by Gasteiger charge is -2.02. The van der Waals surface area contributed by atoms with E-state index in [1.807, 2.05) is 6.92 Å². The third kappa shape index (κ3) is 3.65. The standard InChI is InChI=1S/C10H12N2O4S4/c1-7-2-4-10(17-7)20(15,16)12-6-8-3-5-9(18-8)19(11,13)14/h2-5,12H,6H2,1H3,(H2,11,13,14). The third-order valence-corrected chi connectivity index (χ3v) is 7.75. The molecule has 0 radical (unpaired) electrons. The van der Waals surface area contributed by atoms with Crippen molar-refractivity contribution >= 4 is 42.7 Å². The summed E-state index contributed by atoms with van der Waals surface area (Å²) < 4.78 is 48.9. The molecule has 0 aliphatic carbocycles. The Hall–Kier alpha value is -0.780. The number of primary sulfonamides is 1. The number of hydrogen-bond acceptors (Lipinski definition) is 6. The van der Waals surface area contributed by atoms with Gasteiger partial charge in [0, 0.05) is 16.3 Å². The smallest absolute Gasteiger partial charge is 0.224 e. The van der Waals surface area contributed by atoms with Crippen molar-refractivity contribution in [2.45, 2.75) is 21.9 Å². The minimum atomic E-state index is -3.74. The van der Waals surface area contributed by atoms with E-state index in [9.17, 15) is 16.8 Å². The molecule has 2 aromatic rings. The molecule has 0 amide bonds. The van der Waals surface area contributed by atoms with E-state index in [-0.39, 0.29) is 15.0 Å². The Morgan fingerprint density at radius 2 is 1.70 bits per heavy atom. The van der Waals surface area contributed by atoms with Crippen LogP contribution in [-0.2, 0) is 26.6 Å². The summed E-state index contributed by atoms with van der Waals surface area (Å²) in [7, 11) is -7.31. The lowest BCUT2D eigenvalue weighted by molar-refractivity contribution is 0.584. The highest BCUT2D eigenvalue weighted by Crippen LogP contribution is 2.23. The summed E-state index contributed by atoms with van der Waals surface area (Å²) in [6, 6.07) is 6.15. The van der Waals surface area contributed by atoms with Gasteiger partial charge in [-0.2, -0.15) is 0 Å². The average Bonchev–Trinajstić information content (AvgIpc) is 2.94. The highest BCUT2D eigenvalue weighted by molar-refractivity contribution is 7.91. The molecule has 0 fully saturated rings. The van der Waals surface area contributed by atoms with Gasteiger partial charge in [-0.3, -0.25) is 0 Å². The Kier molecular flexibility index (Phi) is 4.33. The van der Waals surface area contributed by atoms with Gasteiger partial charge in [0.1, 0.15) is 8.42 Å². The van der Waals surface area contributed by atoms with Crippen LogP contribution in [-0.4, -0.2) is 16.8 Å². The maximum absolute atomic E-state index is 12.0. The zero-order chi connectivity index (χ0) is 15.0. The molecule has 2 aromatic heterocycles. The highest BCUT2D eigenvalue weighted by Gasteiger charge is 2.17. The summed E-state index contributed by atoms with van der Waals surface area (Å²) in [6.07, 6.45) is 0. The van der Waals surface area contributed by atoms with E-state index in [1.165, 1.54) is 29.5 Å². The number of nitrogens with one attached hydrogen (secondary N) is 1. The normalized spacial score (nSPS) is 12.7. The summed E-state index contributed by atoms with van der Waals surface area (Å²) in [6.45, 7) is 1.85. The average molecular weight is 352 g/mol. The Balaban J connectivity index is 2.11. The zero-order valence-corrected chi connectivity index (χ0v) is 13.6. The number of thiophene rings is 2. The molecule has 0 saturated heterocycles. The van der Waals surface area contributed by atoms with Crippen LogP contribution in [0.1, 0.15) is 9.75 Å². The molecule has 0 atom stereocenters. The van der Waals surface area contributed by atoms with Gasteiger partial charge in [0.15, 0.2) is 0 Å². The molecular formula is C10H12N2O4S4. The zero-order valence-electron chi connectivity index (χ0n) is 10.4. The maximum Gasteiger partial charge on any atom is 0.250 e. The van der Waals surface area contributed by atoms with Gasteiger partial charge in [0.2, 0.25) is 20.0 Å². The molecule has 6 nitrogen and oxygen atoms in total. The van der Waals surface area contributed by atoms with Gasteiger partial charge in [-0.1, -0.05) is 0 Å². The first kappa shape index (κ1) is 15.6. The molecule has 110 valence electrons. The first-order valence-electron chi connectivity index (χ1n) is 5.36. The van der Waals surface area contributed by atoms with E-state index < -0.39 is 20.0 Å². The quantitative estimate of drug-likeness (QED) is 0.844. The molecule has 0 spiro atoms. The Morgan fingerprint density at radius 3 is 2.20 bits per heavy atom. The lowest BCUT2D eigenvalue weighted by Crippen LogP contribution is -2.21. The van der Waals surface area contributed by atoms with Crippen LogP contribution >= 0.6 is 22.7 Å². The Morgan fingerprint density at radius 1 is 1.05 bits per heavy atom. The maximum atomic E-state index is 12.0. The summed E-state index contributed by atoms with van der Waals surface area (Å²) in [5.41, 5.74) is 0. The summed E-state index contributed by atoms with van der Waals surface area (Å²) in [4.78, 5) is 1.48. The third-order valence-electron chi connectivity index (χ3n) is 2.33. The van der Waals surface area contributed by atoms with Crippen molar-refractivity contribution in [1.29, 1.82) is 0 Å². The van der Waals surface area contributed by atoms with Gasteiger partial charge < -0.3 is 0 Å². The van der Waals surface area contributed by atoms with Crippen molar-refractivity contribution in [2.75, 3.05) is 0 Å². The van der Waals surface area contributed by atoms with E-state index in [1.54, 1.807) is 6.07 Å². The number of hydrogen-bond donors (Lipinski definition) is 2. The van der Waals surface area contributed by atoms with E-state index in [4.69, 9.17) is 5.14 Å². The van der Waals surface area contributed by atoms with Crippen molar-refractivity contribution < 1.29 is 16.8 Å². The van der Waals surface area contributed by atoms with Crippen molar-refractivity contribution in [3.05, 3.63) is 34.0 Å². The topological polar surface area (TPSA) is 106 Å². The molecule has 20 heavy (non-hydrogen) atoms. The largest absolute Gasteiger partial charge is 0.250 e. The minimum absolute atomic E-state index is 0.0127. The van der Waals surface area contributed by atoms with E-state index in [0.717, 1.165) is 16.2 Å². The van der Waals surface area contributed by atoms with Crippen molar-refractivity contribution in [3.63, 3.8) is 0 Å². The van der Waals surface area contributed by atoms with Crippen LogP contribution in [0, 0.1) is 6.92 Å². The van der Waals surface area contributed by atoms with Gasteiger partial charge in [-0.25, -0.2) is 26.7 Å². The van der Waals surface area contributed by atoms with Gasteiger partial charge >= 0.3 is 0 Å². The predicted octanol–water partition coefficient (Wildman–Crippen LogP) is 1.24. The van der Waals surface area contributed by atoms with Crippen LogP contribution in [0.5, 0.6) is 0 Å². The molecule has 2 rings (SSSR count). The van der Waals surface area contributed by atoms with Crippen molar-refractivity contribution in [2.24, 2.45) is 5.14 Å². The second kappa shape index (κ2) is 5.54. The van der Waals surface area contributed by atoms with Crippen LogP contribution in [0.2, 0.25) is 0 Å². The van der Waals surface area contributed by atoms with E-state index in [2.05, 4.69) is 4.72 Å². The molecule has 10 heteroatoms. The molecule has 0 aliphatic rings. The number of nitrogens with two attached hydrogens (primary N) is 1. The van der Waals surface area contributed by atoms with Gasteiger partial charge in [0.05, 0.1) is 0 Å². The number of sulfonamides is 2. The van der Waals surface area contributed by atoms with Crippen LogP contribution in [0.3, 0.4) is 0 Å². The number of aryl methyl sites for hydroxylation is 1. The molecular weight excluding hydrogens is 340 g/mol. The van der Waals surface area contributed by atoms with Gasteiger partial charge in [-0.15, -0.1) is 22.7 Å². The fourth-order valence-electron chi connectivity index (χ4n) is 1.40. The van der Waals surface area contributed by atoms with Gasteiger partial charge in [-0.05, 0) is 31.2 Å². The number of rotatable bonds is 5. The fraction of sp³-hybridized carbons (Fsp3) is 0.200. The molecule has 0 saturated carbocycles. The Labute approximate surface area is 125 Å². The first-order chi connectivity index (χ1) is 9.18. The van der Waals surface area contributed by atoms with E-state index >= 15 is 0 Å². The molecule has 0 bridgehead atoms. The van der Waals surface area contributed by atoms with E-state index in [0.29, 0.717) is 4.88 Å². The highest BCUT2D eigenvalue weighted by atomic mass is 32.3. The molecule has 0 aliphatic heterocycles. The first-order valence-corrected chi connectivity index (χ1v) is 10.0. The van der Waals surface area contributed by atoms with Gasteiger partial charge in [0.25, 0.3) is 0 Å². The summed E-state index contributed by atoms with van der Waals surface area (Å²) in [5, 5.41) is 4.99. The Bertz CT molecular complexity index is 817. The lowest BCUT2D eigenvalue weighted by atomic mass is 10.5. The van der Waals surface area contributed by atoms with Crippen molar-refractivity contribution in [3.8, 4) is 0 Å². The van der Waals surface area contributed by atoms with Crippen LogP contribution in [0.4, 0.5) is 0 Å². The molecule has 2 heterocycles. The molecule has 0 aromatic carbocycles. The molecule has 0 unspecified atom stereocenters. The second-order valence-electron chi connectivity index (χ2n) is 3.96. The van der Waals surface area contributed by atoms with Crippen LogP contribution in [0.15, 0.2) is 32.7 Å². The fourth-order valence-corrected chi connectivity index (χ4v) is 5.54.